The van der Waals surface area contributed by atoms with Crippen LogP contribution in [0.4, 0.5) is 5.00 Å². The molecule has 2 aromatic carbocycles. The molecule has 0 bridgehead atoms. The number of nitrogens with one attached hydrogen (secondary N) is 2. The molecular formula is C24H21ClN2O4S. The third-order valence-corrected chi connectivity index (χ3v) is 7.32. The summed E-state index contributed by atoms with van der Waals surface area (Å²) in [5.74, 6) is 0.0294. The molecule has 1 unspecified atom stereocenters. The third kappa shape index (κ3) is 3.72. The molecule has 2 heterocycles. The molecule has 1 amide bonds. The van der Waals surface area contributed by atoms with Crippen LogP contribution >= 0.6 is 22.9 Å². The number of halogens is 1. The normalized spacial score (nSPS) is 16.9. The van der Waals surface area contributed by atoms with Crippen molar-refractivity contribution in [2.75, 3.05) is 12.4 Å². The summed E-state index contributed by atoms with van der Waals surface area (Å²) < 4.78 is 11.0. The van der Waals surface area contributed by atoms with Crippen molar-refractivity contribution in [3.63, 3.8) is 0 Å². The summed E-state index contributed by atoms with van der Waals surface area (Å²) in [6.45, 7) is 0. The number of thiophene rings is 1. The fraction of sp³-hybridized carbons (Fsp3) is 0.250. The van der Waals surface area contributed by atoms with Crippen LogP contribution in [0.25, 0.3) is 0 Å². The molecule has 0 saturated carbocycles. The largest absolute Gasteiger partial charge is 0.493 e. The van der Waals surface area contributed by atoms with Crippen molar-refractivity contribution < 1.29 is 19.1 Å². The maximum atomic E-state index is 12.9. The predicted octanol–water partition coefficient (Wildman–Crippen LogP) is 5.36. The van der Waals surface area contributed by atoms with Crippen LogP contribution in [0.3, 0.4) is 0 Å². The Kier molecular flexibility index (Phi) is 5.53. The fourth-order valence-electron chi connectivity index (χ4n) is 4.17. The Labute approximate surface area is 194 Å². The highest BCUT2D eigenvalue weighted by Crippen LogP contribution is 2.42. The molecule has 0 spiro atoms. The number of fused-ring (bicyclic) bond motifs is 3. The quantitative estimate of drug-likeness (QED) is 0.398. The molecule has 1 aliphatic heterocycles. The van der Waals surface area contributed by atoms with Crippen LogP contribution in [0, 0.1) is 0 Å². The molecule has 1 atom stereocenters. The second-order valence-corrected chi connectivity index (χ2v) is 9.26. The van der Waals surface area contributed by atoms with E-state index in [-0.39, 0.29) is 17.2 Å². The molecule has 5 rings (SSSR count). The van der Waals surface area contributed by atoms with E-state index in [9.17, 15) is 9.59 Å². The van der Waals surface area contributed by atoms with Gasteiger partial charge in [0.05, 0.1) is 23.3 Å². The van der Waals surface area contributed by atoms with Crippen molar-refractivity contribution in [2.45, 2.75) is 31.8 Å². The number of rotatable bonds is 4. The van der Waals surface area contributed by atoms with Crippen molar-refractivity contribution in [3.05, 3.63) is 74.6 Å². The number of aryl methyl sites for hydroxylation is 1. The van der Waals surface area contributed by atoms with Gasteiger partial charge in [0.15, 0.2) is 11.5 Å². The molecule has 0 fully saturated rings. The number of anilines is 1. The van der Waals surface area contributed by atoms with Gasteiger partial charge in [0, 0.05) is 4.88 Å². The Balaban J connectivity index is 1.39. The van der Waals surface area contributed by atoms with Gasteiger partial charge < -0.3 is 20.1 Å². The van der Waals surface area contributed by atoms with E-state index in [0.29, 0.717) is 10.8 Å². The molecule has 2 aliphatic rings. The van der Waals surface area contributed by atoms with Gasteiger partial charge >= 0.3 is 5.97 Å². The highest BCUT2D eigenvalue weighted by atomic mass is 35.5. The Morgan fingerprint density at radius 2 is 1.91 bits per heavy atom. The first-order valence-corrected chi connectivity index (χ1v) is 11.6. The molecule has 0 saturated heterocycles. The van der Waals surface area contributed by atoms with Gasteiger partial charge in [-0.05, 0) is 61.1 Å². The molecule has 32 heavy (non-hydrogen) atoms. The summed E-state index contributed by atoms with van der Waals surface area (Å²) in [4.78, 5) is 26.7. The molecule has 1 aliphatic carbocycles. The van der Waals surface area contributed by atoms with E-state index in [2.05, 4.69) is 10.6 Å². The van der Waals surface area contributed by atoms with Crippen molar-refractivity contribution in [3.8, 4) is 11.5 Å². The van der Waals surface area contributed by atoms with Gasteiger partial charge in [-0.15, -0.1) is 11.3 Å². The first-order valence-electron chi connectivity index (χ1n) is 10.4. The minimum atomic E-state index is -0.570. The summed E-state index contributed by atoms with van der Waals surface area (Å²) in [5.41, 5.74) is 3.05. The van der Waals surface area contributed by atoms with E-state index >= 15 is 0 Å². The minimum absolute atomic E-state index is 0.0589. The maximum Gasteiger partial charge on any atom is 0.345 e. The van der Waals surface area contributed by atoms with Crippen LogP contribution in [-0.2, 0) is 12.8 Å². The van der Waals surface area contributed by atoms with Crippen LogP contribution in [0.1, 0.15) is 55.7 Å². The van der Waals surface area contributed by atoms with Crippen molar-refractivity contribution in [1.82, 2.24) is 5.32 Å². The predicted molar refractivity (Wildman–Crippen MR) is 124 cm³/mol. The molecule has 164 valence electrons. The number of amides is 1. The van der Waals surface area contributed by atoms with Crippen molar-refractivity contribution in [1.29, 1.82) is 0 Å². The van der Waals surface area contributed by atoms with Crippen LogP contribution in [0.15, 0.2) is 42.5 Å². The molecule has 8 heteroatoms. The van der Waals surface area contributed by atoms with Crippen molar-refractivity contribution >= 4 is 39.8 Å². The van der Waals surface area contributed by atoms with Gasteiger partial charge in [-0.2, -0.15) is 0 Å². The zero-order chi connectivity index (χ0) is 22.2. The Morgan fingerprint density at radius 3 is 2.72 bits per heavy atom. The number of methoxy groups -OCH3 is 1. The van der Waals surface area contributed by atoms with Gasteiger partial charge in [-0.1, -0.05) is 29.8 Å². The number of ether oxygens (including phenoxy) is 2. The van der Waals surface area contributed by atoms with Gasteiger partial charge in [0.1, 0.15) is 11.2 Å². The number of esters is 1. The summed E-state index contributed by atoms with van der Waals surface area (Å²) >= 11 is 7.77. The van der Waals surface area contributed by atoms with E-state index in [1.807, 2.05) is 0 Å². The SMILES string of the molecule is COc1cc(C2NC(=O)c3c(sc4c3CCCC4)N2)ccc1OC(=O)c1ccccc1Cl. The topological polar surface area (TPSA) is 76.7 Å². The van der Waals surface area contributed by atoms with E-state index < -0.39 is 12.1 Å². The molecular weight excluding hydrogens is 448 g/mol. The zero-order valence-electron chi connectivity index (χ0n) is 17.4. The number of carbonyl (C=O) groups excluding carboxylic acids is 2. The second-order valence-electron chi connectivity index (χ2n) is 7.75. The monoisotopic (exact) mass is 468 g/mol. The maximum absolute atomic E-state index is 12.9. The Bertz CT molecular complexity index is 1220. The fourth-order valence-corrected chi connectivity index (χ4v) is 5.70. The van der Waals surface area contributed by atoms with E-state index in [1.54, 1.807) is 53.8 Å². The van der Waals surface area contributed by atoms with E-state index in [4.69, 9.17) is 21.1 Å². The van der Waals surface area contributed by atoms with Gasteiger partial charge in [0.2, 0.25) is 0 Å². The molecule has 2 N–H and O–H groups in total. The first kappa shape index (κ1) is 20.8. The van der Waals surface area contributed by atoms with Crippen LogP contribution < -0.4 is 20.1 Å². The highest BCUT2D eigenvalue weighted by molar-refractivity contribution is 7.16. The summed E-state index contributed by atoms with van der Waals surface area (Å²) in [7, 11) is 1.50. The highest BCUT2D eigenvalue weighted by Gasteiger charge is 2.32. The van der Waals surface area contributed by atoms with Crippen LogP contribution in [0.2, 0.25) is 5.02 Å². The third-order valence-electron chi connectivity index (χ3n) is 5.77. The lowest BCUT2D eigenvalue weighted by Crippen LogP contribution is -2.38. The molecule has 3 aromatic rings. The van der Waals surface area contributed by atoms with Gasteiger partial charge in [-0.25, -0.2) is 4.79 Å². The van der Waals surface area contributed by atoms with Gasteiger partial charge in [-0.3, -0.25) is 4.79 Å². The first-order chi connectivity index (χ1) is 15.5. The Hall–Kier alpha value is -3.03. The van der Waals surface area contributed by atoms with E-state index in [1.165, 1.54) is 24.0 Å². The second kappa shape index (κ2) is 8.48. The summed E-state index contributed by atoms with van der Waals surface area (Å²) in [6, 6.07) is 11.9. The number of carbonyl (C=O) groups is 2. The average molecular weight is 469 g/mol. The number of hydrogen-bond acceptors (Lipinski definition) is 6. The van der Waals surface area contributed by atoms with Crippen LogP contribution in [0.5, 0.6) is 11.5 Å². The lowest BCUT2D eigenvalue weighted by atomic mass is 9.94. The number of hydrogen-bond donors (Lipinski definition) is 2. The lowest BCUT2D eigenvalue weighted by Gasteiger charge is -2.27. The Morgan fingerprint density at radius 1 is 1.09 bits per heavy atom. The summed E-state index contributed by atoms with van der Waals surface area (Å²) in [6.07, 6.45) is 3.88. The molecule has 6 nitrogen and oxygen atoms in total. The minimum Gasteiger partial charge on any atom is -0.493 e. The standard InChI is InChI=1S/C24H21ClN2O4S/c1-30-18-12-13(10-11-17(18)31-24(29)14-6-2-4-8-16(14)25)21-26-22(28)20-15-7-3-5-9-19(15)32-23(20)27-21/h2,4,6,8,10-12,21,27H,3,5,7,9H2,1H3,(H,26,28). The summed E-state index contributed by atoms with van der Waals surface area (Å²) in [5, 5.41) is 7.73. The smallest absolute Gasteiger partial charge is 0.345 e. The lowest BCUT2D eigenvalue weighted by molar-refractivity contribution is 0.0729. The molecule has 0 radical (unpaired) electrons. The zero-order valence-corrected chi connectivity index (χ0v) is 18.9. The number of benzene rings is 2. The van der Waals surface area contributed by atoms with Gasteiger partial charge in [0.25, 0.3) is 5.91 Å². The molecule has 1 aromatic heterocycles. The average Bonchev–Trinajstić information content (AvgIpc) is 3.18. The van der Waals surface area contributed by atoms with Crippen molar-refractivity contribution in [2.24, 2.45) is 0 Å². The van der Waals surface area contributed by atoms with Crippen LogP contribution in [-0.4, -0.2) is 19.0 Å². The van der Waals surface area contributed by atoms with E-state index in [0.717, 1.165) is 35.4 Å².